The van der Waals surface area contributed by atoms with Crippen LogP contribution in [-0.2, 0) is 24.7 Å². The van der Waals surface area contributed by atoms with E-state index in [-0.39, 0.29) is 11.7 Å². The molecule has 102 valence electrons. The van der Waals surface area contributed by atoms with Gasteiger partial charge in [-0.3, -0.25) is 9.48 Å². The first-order valence-corrected chi connectivity index (χ1v) is 7.24. The Morgan fingerprint density at radius 3 is 2.67 bits per heavy atom. The van der Waals surface area contributed by atoms with Crippen molar-refractivity contribution >= 4 is 21.7 Å². The van der Waals surface area contributed by atoms with Crippen molar-refractivity contribution in [3.8, 4) is 0 Å². The molecule has 0 aliphatic rings. The molecule has 0 amide bonds. The zero-order chi connectivity index (χ0) is 13.7. The highest BCUT2D eigenvalue weighted by Crippen LogP contribution is 2.22. The molecular weight excluding hydrogens is 294 g/mol. The molecule has 5 heteroatoms. The summed E-state index contributed by atoms with van der Waals surface area (Å²) in [5, 5.41) is 7.61. The average molecular weight is 316 g/mol. The first-order chi connectivity index (χ1) is 8.51. The summed E-state index contributed by atoms with van der Waals surface area (Å²) in [6, 6.07) is 0. The van der Waals surface area contributed by atoms with Crippen LogP contribution in [0, 0.1) is 5.92 Å². The Labute approximate surface area is 117 Å². The van der Waals surface area contributed by atoms with E-state index in [0.717, 1.165) is 35.4 Å². The number of halogens is 1. The monoisotopic (exact) mass is 315 g/mol. The van der Waals surface area contributed by atoms with Crippen LogP contribution in [-0.4, -0.2) is 28.7 Å². The number of hydrogen-bond acceptors (Lipinski definition) is 3. The minimum atomic E-state index is 0.0387. The summed E-state index contributed by atoms with van der Waals surface area (Å²) in [6.45, 7) is 7.71. The standard InChI is InChI=1S/C13H22BrN3O/c1-5-10-13(14)11(17(4)16-10)7-12(18)9(3)8-15-6-2/h9,15H,5-8H2,1-4H3. The van der Waals surface area contributed by atoms with E-state index in [1.807, 2.05) is 20.9 Å². The Morgan fingerprint density at radius 2 is 2.17 bits per heavy atom. The molecule has 4 nitrogen and oxygen atoms in total. The fourth-order valence-corrected chi connectivity index (χ4v) is 2.58. The highest BCUT2D eigenvalue weighted by molar-refractivity contribution is 9.10. The zero-order valence-corrected chi connectivity index (χ0v) is 13.2. The predicted molar refractivity (Wildman–Crippen MR) is 76.7 cm³/mol. The van der Waals surface area contributed by atoms with Crippen LogP contribution < -0.4 is 5.32 Å². The van der Waals surface area contributed by atoms with E-state index >= 15 is 0 Å². The lowest BCUT2D eigenvalue weighted by Gasteiger charge is -2.11. The average Bonchev–Trinajstić information content (AvgIpc) is 2.63. The molecule has 1 N–H and O–H groups in total. The first kappa shape index (κ1) is 15.4. The Balaban J connectivity index is 2.72. The molecule has 0 spiro atoms. The van der Waals surface area contributed by atoms with Crippen molar-refractivity contribution in [3.63, 3.8) is 0 Å². The van der Waals surface area contributed by atoms with Gasteiger partial charge in [-0.05, 0) is 28.9 Å². The van der Waals surface area contributed by atoms with Gasteiger partial charge in [-0.1, -0.05) is 20.8 Å². The molecule has 0 saturated carbocycles. The van der Waals surface area contributed by atoms with Gasteiger partial charge in [0.1, 0.15) is 5.78 Å². The van der Waals surface area contributed by atoms with E-state index in [4.69, 9.17) is 0 Å². The van der Waals surface area contributed by atoms with Crippen LogP contribution in [0.4, 0.5) is 0 Å². The Morgan fingerprint density at radius 1 is 1.50 bits per heavy atom. The maximum absolute atomic E-state index is 12.1. The summed E-state index contributed by atoms with van der Waals surface area (Å²) in [6.07, 6.45) is 1.31. The van der Waals surface area contributed by atoms with E-state index < -0.39 is 0 Å². The predicted octanol–water partition coefficient (Wildman–Crippen LogP) is 2.10. The molecule has 0 saturated heterocycles. The van der Waals surface area contributed by atoms with Crippen LogP contribution in [0.2, 0.25) is 0 Å². The van der Waals surface area contributed by atoms with Gasteiger partial charge < -0.3 is 5.32 Å². The summed E-state index contributed by atoms with van der Waals surface area (Å²) >= 11 is 3.54. The smallest absolute Gasteiger partial charge is 0.142 e. The molecule has 1 unspecified atom stereocenters. The largest absolute Gasteiger partial charge is 0.316 e. The van der Waals surface area contributed by atoms with Gasteiger partial charge in [-0.15, -0.1) is 0 Å². The second-order valence-corrected chi connectivity index (χ2v) is 5.33. The maximum atomic E-state index is 12.1. The van der Waals surface area contributed by atoms with E-state index in [1.165, 1.54) is 0 Å². The molecule has 0 aliphatic heterocycles. The molecular formula is C13H22BrN3O. The van der Waals surface area contributed by atoms with Gasteiger partial charge in [-0.2, -0.15) is 5.10 Å². The van der Waals surface area contributed by atoms with Crippen LogP contribution in [0.3, 0.4) is 0 Å². The van der Waals surface area contributed by atoms with Crippen molar-refractivity contribution < 1.29 is 4.79 Å². The molecule has 0 bridgehead atoms. The van der Waals surface area contributed by atoms with Gasteiger partial charge >= 0.3 is 0 Å². The van der Waals surface area contributed by atoms with E-state index in [9.17, 15) is 4.79 Å². The highest BCUT2D eigenvalue weighted by atomic mass is 79.9. The molecule has 1 atom stereocenters. The minimum Gasteiger partial charge on any atom is -0.316 e. The lowest BCUT2D eigenvalue weighted by atomic mass is 10.0. The number of carbonyl (C=O) groups excluding carboxylic acids is 1. The summed E-state index contributed by atoms with van der Waals surface area (Å²) in [4.78, 5) is 12.1. The fraction of sp³-hybridized carbons (Fsp3) is 0.692. The first-order valence-electron chi connectivity index (χ1n) is 6.44. The van der Waals surface area contributed by atoms with Crippen molar-refractivity contribution in [2.45, 2.75) is 33.6 Å². The third kappa shape index (κ3) is 3.65. The quantitative estimate of drug-likeness (QED) is 0.838. The molecule has 0 aliphatic carbocycles. The molecule has 1 aromatic heterocycles. The van der Waals surface area contributed by atoms with Crippen LogP contribution in [0.5, 0.6) is 0 Å². The Kier molecular flexibility index (Phi) is 6.02. The molecule has 1 heterocycles. The highest BCUT2D eigenvalue weighted by Gasteiger charge is 2.19. The topological polar surface area (TPSA) is 46.9 Å². The number of nitrogens with one attached hydrogen (secondary N) is 1. The number of nitrogens with zero attached hydrogens (tertiary/aromatic N) is 2. The SMILES string of the molecule is CCNCC(C)C(=O)Cc1c(Br)c(CC)nn1C. The van der Waals surface area contributed by atoms with Crippen molar-refractivity contribution in [2.75, 3.05) is 13.1 Å². The number of rotatable bonds is 7. The number of aryl methyl sites for hydroxylation is 2. The van der Waals surface area contributed by atoms with Crippen LogP contribution in [0.1, 0.15) is 32.2 Å². The van der Waals surface area contributed by atoms with Crippen molar-refractivity contribution in [3.05, 3.63) is 15.9 Å². The van der Waals surface area contributed by atoms with Gasteiger partial charge in [0.15, 0.2) is 0 Å². The molecule has 0 aromatic carbocycles. The number of carbonyl (C=O) groups is 1. The van der Waals surface area contributed by atoms with Crippen LogP contribution in [0.15, 0.2) is 4.47 Å². The minimum absolute atomic E-state index is 0.0387. The number of ketones is 1. The fourth-order valence-electron chi connectivity index (χ4n) is 1.83. The maximum Gasteiger partial charge on any atom is 0.142 e. The van der Waals surface area contributed by atoms with Gasteiger partial charge in [0.05, 0.1) is 15.9 Å². The molecule has 1 rings (SSSR count). The molecule has 18 heavy (non-hydrogen) atoms. The number of aromatic nitrogens is 2. The molecule has 1 aromatic rings. The second-order valence-electron chi connectivity index (χ2n) is 4.54. The third-order valence-electron chi connectivity index (χ3n) is 3.09. The third-order valence-corrected chi connectivity index (χ3v) is 4.01. The van der Waals surface area contributed by atoms with Gasteiger partial charge in [0.2, 0.25) is 0 Å². The summed E-state index contributed by atoms with van der Waals surface area (Å²) in [5.41, 5.74) is 1.99. The number of hydrogen-bond donors (Lipinski definition) is 1. The van der Waals surface area contributed by atoms with Crippen molar-refractivity contribution in [1.82, 2.24) is 15.1 Å². The van der Waals surface area contributed by atoms with Crippen molar-refractivity contribution in [2.24, 2.45) is 13.0 Å². The molecule has 0 fully saturated rings. The van der Waals surface area contributed by atoms with Crippen LogP contribution >= 0.6 is 15.9 Å². The van der Waals surface area contributed by atoms with Gasteiger partial charge in [0.25, 0.3) is 0 Å². The van der Waals surface area contributed by atoms with Gasteiger partial charge in [-0.25, -0.2) is 0 Å². The van der Waals surface area contributed by atoms with Gasteiger partial charge in [0, 0.05) is 25.9 Å². The zero-order valence-electron chi connectivity index (χ0n) is 11.6. The lowest BCUT2D eigenvalue weighted by Crippen LogP contribution is -2.27. The Bertz CT molecular complexity index is 415. The second kappa shape index (κ2) is 7.04. The Hall–Kier alpha value is -0.680. The van der Waals surface area contributed by atoms with E-state index in [1.54, 1.807) is 4.68 Å². The molecule has 0 radical (unpaired) electrons. The van der Waals surface area contributed by atoms with E-state index in [2.05, 4.69) is 33.3 Å². The summed E-state index contributed by atoms with van der Waals surface area (Å²) in [5.74, 6) is 0.291. The van der Waals surface area contributed by atoms with Crippen LogP contribution in [0.25, 0.3) is 0 Å². The normalized spacial score (nSPS) is 12.7. The van der Waals surface area contributed by atoms with Crippen molar-refractivity contribution in [1.29, 1.82) is 0 Å². The summed E-state index contributed by atoms with van der Waals surface area (Å²) in [7, 11) is 1.89. The lowest BCUT2D eigenvalue weighted by molar-refractivity contribution is -0.121. The number of Topliss-reactive ketones (excluding diaryl/α,β-unsaturated/α-hetero) is 1. The summed E-state index contributed by atoms with van der Waals surface area (Å²) < 4.78 is 2.79. The van der Waals surface area contributed by atoms with E-state index in [0.29, 0.717) is 6.42 Å².